The lowest BCUT2D eigenvalue weighted by atomic mass is 10.1. The molecule has 0 unspecified atom stereocenters. The number of hydrogen-bond donors (Lipinski definition) is 0. The first-order chi connectivity index (χ1) is 12.6. The number of halogens is 1. The monoisotopic (exact) mass is 373 g/mol. The molecule has 1 aliphatic rings. The van der Waals surface area contributed by atoms with Gasteiger partial charge in [0.15, 0.2) is 11.5 Å². The van der Waals surface area contributed by atoms with Crippen LogP contribution in [0, 0.1) is 0 Å². The molecule has 0 spiro atoms. The Morgan fingerprint density at radius 1 is 1.12 bits per heavy atom. The molecule has 1 heterocycles. The predicted molar refractivity (Wildman–Crippen MR) is 102 cm³/mol. The molecule has 26 heavy (non-hydrogen) atoms. The average molecular weight is 374 g/mol. The standard InChI is InChI=1S/C20H20ClNO4/c1-3-22(4-2)20(23)26-17-11-12-18-19(25-13-24-18)16(17)10-7-14-5-8-15(21)9-6-14/h5-12H,3-4,13H2,1-2H3/b10-7+. The quantitative estimate of drug-likeness (QED) is 0.686. The molecular weight excluding hydrogens is 354 g/mol. The summed E-state index contributed by atoms with van der Waals surface area (Å²) in [7, 11) is 0. The number of fused-ring (bicyclic) bond motifs is 1. The van der Waals surface area contributed by atoms with Gasteiger partial charge in [0.1, 0.15) is 5.75 Å². The van der Waals surface area contributed by atoms with Gasteiger partial charge in [-0.25, -0.2) is 4.79 Å². The average Bonchev–Trinajstić information content (AvgIpc) is 3.12. The Morgan fingerprint density at radius 2 is 1.85 bits per heavy atom. The second kappa shape index (κ2) is 8.15. The van der Waals surface area contributed by atoms with Crippen molar-refractivity contribution >= 4 is 29.8 Å². The van der Waals surface area contributed by atoms with Crippen LogP contribution < -0.4 is 14.2 Å². The van der Waals surface area contributed by atoms with Crippen LogP contribution in [0.4, 0.5) is 4.79 Å². The number of benzene rings is 2. The number of nitrogens with zero attached hydrogens (tertiary/aromatic N) is 1. The minimum absolute atomic E-state index is 0.143. The van der Waals surface area contributed by atoms with Gasteiger partial charge >= 0.3 is 6.09 Å². The summed E-state index contributed by atoms with van der Waals surface area (Å²) in [4.78, 5) is 13.9. The third-order valence-electron chi connectivity index (χ3n) is 4.07. The first-order valence-corrected chi connectivity index (χ1v) is 8.83. The SMILES string of the molecule is CCN(CC)C(=O)Oc1ccc2c(c1/C=C/c1ccc(Cl)cc1)OCO2. The van der Waals surface area contributed by atoms with Crippen LogP contribution in [0.5, 0.6) is 17.2 Å². The van der Waals surface area contributed by atoms with E-state index in [9.17, 15) is 4.79 Å². The molecule has 0 fully saturated rings. The van der Waals surface area contributed by atoms with E-state index in [0.717, 1.165) is 5.56 Å². The highest BCUT2D eigenvalue weighted by Gasteiger charge is 2.22. The normalized spacial score (nSPS) is 12.4. The molecule has 0 bridgehead atoms. The molecule has 2 aromatic carbocycles. The molecule has 0 saturated carbocycles. The molecule has 0 radical (unpaired) electrons. The van der Waals surface area contributed by atoms with Crippen LogP contribution in [-0.2, 0) is 0 Å². The maximum Gasteiger partial charge on any atom is 0.415 e. The first-order valence-electron chi connectivity index (χ1n) is 8.45. The molecule has 1 aliphatic heterocycles. The second-order valence-corrected chi connectivity index (χ2v) is 6.07. The lowest BCUT2D eigenvalue weighted by Crippen LogP contribution is -2.33. The molecule has 0 atom stereocenters. The Balaban J connectivity index is 1.92. The van der Waals surface area contributed by atoms with E-state index in [2.05, 4.69) is 0 Å². The van der Waals surface area contributed by atoms with Crippen molar-refractivity contribution in [3.05, 3.63) is 52.5 Å². The van der Waals surface area contributed by atoms with Gasteiger partial charge in [-0.15, -0.1) is 0 Å². The molecule has 6 heteroatoms. The van der Waals surface area contributed by atoms with E-state index in [1.165, 1.54) is 0 Å². The van der Waals surface area contributed by atoms with E-state index >= 15 is 0 Å². The van der Waals surface area contributed by atoms with Crippen LogP contribution in [-0.4, -0.2) is 30.9 Å². The second-order valence-electron chi connectivity index (χ2n) is 5.64. The molecule has 3 rings (SSSR count). The Labute approximate surface area is 157 Å². The van der Waals surface area contributed by atoms with E-state index < -0.39 is 6.09 Å². The van der Waals surface area contributed by atoms with Crippen molar-refractivity contribution in [1.29, 1.82) is 0 Å². The zero-order valence-corrected chi connectivity index (χ0v) is 15.5. The van der Waals surface area contributed by atoms with E-state index in [1.807, 2.05) is 50.3 Å². The van der Waals surface area contributed by atoms with Crippen molar-refractivity contribution in [2.24, 2.45) is 0 Å². The van der Waals surface area contributed by atoms with Crippen molar-refractivity contribution in [2.75, 3.05) is 19.9 Å². The van der Waals surface area contributed by atoms with Crippen LogP contribution in [0.25, 0.3) is 12.2 Å². The number of hydrogen-bond acceptors (Lipinski definition) is 4. The third-order valence-corrected chi connectivity index (χ3v) is 4.32. The minimum Gasteiger partial charge on any atom is -0.454 e. The van der Waals surface area contributed by atoms with E-state index in [0.29, 0.717) is 40.9 Å². The molecule has 2 aromatic rings. The number of carbonyl (C=O) groups excluding carboxylic acids is 1. The van der Waals surface area contributed by atoms with Crippen LogP contribution in [0.3, 0.4) is 0 Å². The molecule has 0 saturated heterocycles. The predicted octanol–water partition coefficient (Wildman–Crippen LogP) is 5.08. The van der Waals surface area contributed by atoms with Crippen molar-refractivity contribution in [2.45, 2.75) is 13.8 Å². The van der Waals surface area contributed by atoms with E-state index in [1.54, 1.807) is 17.0 Å². The summed E-state index contributed by atoms with van der Waals surface area (Å²) in [5.41, 5.74) is 1.63. The summed E-state index contributed by atoms with van der Waals surface area (Å²) >= 11 is 5.92. The smallest absolute Gasteiger partial charge is 0.415 e. The summed E-state index contributed by atoms with van der Waals surface area (Å²) in [6.45, 7) is 5.12. The molecule has 5 nitrogen and oxygen atoms in total. The Kier molecular flexibility index (Phi) is 5.68. The van der Waals surface area contributed by atoms with Gasteiger partial charge in [0.2, 0.25) is 6.79 Å². The Morgan fingerprint density at radius 3 is 2.54 bits per heavy atom. The first kappa shape index (κ1) is 18.1. The summed E-state index contributed by atoms with van der Waals surface area (Å²) in [6.07, 6.45) is 3.36. The number of rotatable bonds is 5. The maximum absolute atomic E-state index is 12.3. The summed E-state index contributed by atoms with van der Waals surface area (Å²) in [5, 5.41) is 0.674. The van der Waals surface area contributed by atoms with Gasteiger partial charge in [-0.05, 0) is 49.8 Å². The van der Waals surface area contributed by atoms with Crippen molar-refractivity contribution in [1.82, 2.24) is 4.90 Å². The van der Waals surface area contributed by atoms with Crippen LogP contribution in [0.2, 0.25) is 5.02 Å². The highest BCUT2D eigenvalue weighted by atomic mass is 35.5. The fourth-order valence-corrected chi connectivity index (χ4v) is 2.74. The fraction of sp³-hybridized carbons (Fsp3) is 0.250. The molecule has 0 aliphatic carbocycles. The van der Waals surface area contributed by atoms with Gasteiger partial charge in [0.05, 0.1) is 5.56 Å². The molecule has 1 amide bonds. The largest absolute Gasteiger partial charge is 0.454 e. The molecule has 136 valence electrons. The van der Waals surface area contributed by atoms with Crippen LogP contribution in [0.1, 0.15) is 25.0 Å². The molecule has 0 N–H and O–H groups in total. The van der Waals surface area contributed by atoms with Gasteiger partial charge < -0.3 is 19.1 Å². The van der Waals surface area contributed by atoms with Crippen molar-refractivity contribution in [3.63, 3.8) is 0 Å². The molecular formula is C20H20ClNO4. The lowest BCUT2D eigenvalue weighted by Gasteiger charge is -2.19. The minimum atomic E-state index is -0.394. The Bertz CT molecular complexity index is 813. The fourth-order valence-electron chi connectivity index (χ4n) is 2.62. The topological polar surface area (TPSA) is 48.0 Å². The van der Waals surface area contributed by atoms with E-state index in [-0.39, 0.29) is 6.79 Å². The highest BCUT2D eigenvalue weighted by molar-refractivity contribution is 6.30. The summed E-state index contributed by atoms with van der Waals surface area (Å²) < 4.78 is 16.6. The van der Waals surface area contributed by atoms with Gasteiger partial charge in [0.25, 0.3) is 0 Å². The summed E-state index contributed by atoms with van der Waals surface area (Å²) in [5.74, 6) is 1.62. The maximum atomic E-state index is 12.3. The van der Waals surface area contributed by atoms with Gasteiger partial charge in [0, 0.05) is 18.1 Å². The lowest BCUT2D eigenvalue weighted by molar-refractivity contribution is 0.157. The Hall–Kier alpha value is -2.66. The van der Waals surface area contributed by atoms with Crippen molar-refractivity contribution < 1.29 is 19.0 Å². The van der Waals surface area contributed by atoms with E-state index in [4.69, 9.17) is 25.8 Å². The van der Waals surface area contributed by atoms with Gasteiger partial charge in [-0.2, -0.15) is 0 Å². The van der Waals surface area contributed by atoms with Gasteiger partial charge in [-0.3, -0.25) is 0 Å². The van der Waals surface area contributed by atoms with Crippen LogP contribution in [0.15, 0.2) is 36.4 Å². The van der Waals surface area contributed by atoms with Crippen molar-refractivity contribution in [3.8, 4) is 17.2 Å². The molecule has 0 aromatic heterocycles. The van der Waals surface area contributed by atoms with Crippen LogP contribution >= 0.6 is 11.6 Å². The zero-order valence-electron chi connectivity index (χ0n) is 14.7. The number of amides is 1. The highest BCUT2D eigenvalue weighted by Crippen LogP contribution is 2.42. The number of ether oxygens (including phenoxy) is 3. The zero-order chi connectivity index (χ0) is 18.5. The van der Waals surface area contributed by atoms with Gasteiger partial charge in [-0.1, -0.05) is 29.8 Å². The third kappa shape index (κ3) is 3.94. The summed E-state index contributed by atoms with van der Waals surface area (Å²) in [6, 6.07) is 10.9. The number of carbonyl (C=O) groups is 1.